The lowest BCUT2D eigenvalue weighted by molar-refractivity contribution is 0.111. The molecule has 20 nitrogen and oxygen atoms in total. The van der Waals surface area contributed by atoms with Crippen molar-refractivity contribution in [2.45, 2.75) is 0 Å². The maximum absolute atomic E-state index is 10.6. The fraction of sp³-hybridized carbons (Fsp3) is 0.0488. The van der Waals surface area contributed by atoms with Gasteiger partial charge in [0.15, 0.2) is 12.6 Å². The summed E-state index contributed by atoms with van der Waals surface area (Å²) in [6.45, 7) is 0. The summed E-state index contributed by atoms with van der Waals surface area (Å²) in [7, 11) is 3.22. The predicted octanol–water partition coefficient (Wildman–Crippen LogP) is 6.26. The van der Waals surface area contributed by atoms with Crippen molar-refractivity contribution in [1.82, 2.24) is 54.0 Å². The molecule has 0 saturated heterocycles. The number of rotatable bonds is 7. The number of aromatic amines is 2. The summed E-state index contributed by atoms with van der Waals surface area (Å²) in [5.74, 6) is 3.11. The molecule has 0 aliphatic heterocycles. The summed E-state index contributed by atoms with van der Waals surface area (Å²) < 4.78 is 14.7. The number of fused-ring (bicyclic) bond motifs is 1. The van der Waals surface area contributed by atoms with Gasteiger partial charge in [-0.1, -0.05) is 0 Å². The Balaban J connectivity index is 0.000000229. The van der Waals surface area contributed by atoms with Gasteiger partial charge in [0.05, 0.1) is 96.1 Å². The number of methoxy groups -OCH3 is 2. The highest BCUT2D eigenvalue weighted by atomic mass is 127. The number of nitrogens with zero attached hydrogens (tertiary/aromatic N) is 9. The third kappa shape index (κ3) is 14.1. The number of nitrogens with one attached hydrogen (secondary N) is 2. The largest absolute Gasteiger partial charge is 0.497 e. The summed E-state index contributed by atoms with van der Waals surface area (Å²) in [5.41, 5.74) is 33.9. The summed E-state index contributed by atoms with van der Waals surface area (Å²) in [6, 6.07) is 16.1. The Kier molecular flexibility index (Phi) is 20.0. The molecule has 332 valence electrons. The highest BCUT2D eigenvalue weighted by molar-refractivity contribution is 14.1. The average molecular weight is 1020 g/mol. The molecule has 12 N–H and O–H groups in total. The minimum atomic E-state index is 0. The molecule has 0 aliphatic carbocycles. The summed E-state index contributed by atoms with van der Waals surface area (Å²) in [4.78, 5) is 55.0. The van der Waals surface area contributed by atoms with Crippen LogP contribution >= 0.6 is 47.4 Å². The van der Waals surface area contributed by atoms with E-state index in [1.54, 1.807) is 118 Å². The highest BCUT2D eigenvalue weighted by Gasteiger charge is 2.12. The molecule has 0 bridgehead atoms. The number of carbonyl (C=O) groups excluding carboxylic acids is 2. The number of hydrogen-bond donors (Lipinski definition) is 7. The van der Waals surface area contributed by atoms with E-state index in [2.05, 4.69) is 67.4 Å². The normalized spacial score (nSPS) is 9.67. The molecule has 2 aromatic carbocycles. The number of H-pyrrole nitrogens is 2. The number of halogens is 3. The molecular formula is C41H43Cl2IN16O4. The molecule has 23 heteroatoms. The second-order valence-corrected chi connectivity index (χ2v) is 13.6. The van der Waals surface area contributed by atoms with Crippen molar-refractivity contribution < 1.29 is 19.1 Å². The third-order valence-electron chi connectivity index (χ3n) is 8.26. The van der Waals surface area contributed by atoms with Crippen molar-refractivity contribution in [2.24, 2.45) is 0 Å². The summed E-state index contributed by atoms with van der Waals surface area (Å²) >= 11 is 2.07. The Bertz CT molecular complexity index is 2790. The van der Waals surface area contributed by atoms with Crippen molar-refractivity contribution in [1.29, 1.82) is 0 Å². The maximum Gasteiger partial charge on any atom is 0.153 e. The third-order valence-corrected chi connectivity index (χ3v) is 8.85. The van der Waals surface area contributed by atoms with Crippen LogP contribution in [0, 0.1) is 3.57 Å². The van der Waals surface area contributed by atoms with Crippen LogP contribution in [0.5, 0.6) is 11.5 Å². The fourth-order valence-corrected chi connectivity index (χ4v) is 5.51. The lowest BCUT2D eigenvalue weighted by atomic mass is 10.2. The van der Waals surface area contributed by atoms with Gasteiger partial charge >= 0.3 is 0 Å². The van der Waals surface area contributed by atoms with Crippen molar-refractivity contribution in [3.63, 3.8) is 0 Å². The Hall–Kier alpha value is -7.76. The number of aromatic nitrogens is 11. The van der Waals surface area contributed by atoms with Gasteiger partial charge in [0.2, 0.25) is 0 Å². The molecule has 9 rings (SSSR count). The number of pyridine rings is 3. The molecule has 0 amide bonds. The first kappa shape index (κ1) is 50.6. The molecule has 9 aromatic rings. The van der Waals surface area contributed by atoms with Crippen molar-refractivity contribution in [3.8, 4) is 34.3 Å². The van der Waals surface area contributed by atoms with Crippen LogP contribution < -0.4 is 38.1 Å². The number of imidazole rings is 4. The van der Waals surface area contributed by atoms with Gasteiger partial charge in [-0.3, -0.25) is 9.59 Å². The van der Waals surface area contributed by atoms with Gasteiger partial charge in [0.1, 0.15) is 34.8 Å². The van der Waals surface area contributed by atoms with Gasteiger partial charge in [0.25, 0.3) is 0 Å². The molecular weight excluding hydrogens is 978 g/mol. The van der Waals surface area contributed by atoms with Crippen LogP contribution in [0.3, 0.4) is 0 Å². The number of nitrogen functional groups attached to an aromatic ring is 5. The summed E-state index contributed by atoms with van der Waals surface area (Å²) in [6.07, 6.45) is 21.7. The standard InChI is InChI=1S/C16H14N6O.C9H8N4O.C7H10N2O.C6H5IN2O.C3H4N2.2ClH/c1-23-11-2-3-13-14(7-11)21-16(20-13)12-6-10(8-19-15(12)17)22-5-4-18-9-22;10-9-7(5-14)3-8(4-12-9)13-2-1-11-6-13;1-10-5-2-3-6(8)7(9)4-5;7-5-1-4(3-10)6(8)9-2-5;1-2-5-3-4-1;;/h2-9H,1H3,(H2,17,19)(H,20,21);1-6H,(H2,10,12);2-4H,8-9H2,1H3;1-3H,(H2,8,9);1-3H,(H,4,5);2*1H. The van der Waals surface area contributed by atoms with Crippen LogP contribution in [0.25, 0.3) is 33.8 Å². The first-order valence-corrected chi connectivity index (χ1v) is 19.1. The molecule has 0 unspecified atom stereocenters. The number of anilines is 5. The van der Waals surface area contributed by atoms with E-state index in [9.17, 15) is 9.59 Å². The van der Waals surface area contributed by atoms with Gasteiger partial charge in [-0.05, 0) is 65.1 Å². The molecule has 0 spiro atoms. The molecule has 0 radical (unpaired) electrons. The van der Waals surface area contributed by atoms with Gasteiger partial charge in [-0.15, -0.1) is 24.8 Å². The Morgan fingerprint density at radius 3 is 1.75 bits per heavy atom. The van der Waals surface area contributed by atoms with Gasteiger partial charge in [-0.25, -0.2) is 34.9 Å². The van der Waals surface area contributed by atoms with E-state index in [-0.39, 0.29) is 36.4 Å². The maximum atomic E-state index is 10.6. The zero-order chi connectivity index (χ0) is 44.4. The van der Waals surface area contributed by atoms with Crippen LogP contribution in [0.2, 0.25) is 0 Å². The molecule has 0 saturated carbocycles. The molecule has 7 aromatic heterocycles. The van der Waals surface area contributed by atoms with Crippen molar-refractivity contribution in [3.05, 3.63) is 144 Å². The van der Waals surface area contributed by atoms with Crippen LogP contribution in [-0.2, 0) is 0 Å². The van der Waals surface area contributed by atoms with E-state index in [0.717, 1.165) is 43.0 Å². The first-order valence-electron chi connectivity index (χ1n) is 18.0. The molecule has 0 atom stereocenters. The zero-order valence-electron chi connectivity index (χ0n) is 34.0. The number of carbonyl (C=O) groups is 2. The fourth-order valence-electron chi connectivity index (χ4n) is 5.03. The Morgan fingerprint density at radius 1 is 0.656 bits per heavy atom. The molecule has 0 fully saturated rings. The van der Waals surface area contributed by atoms with Crippen LogP contribution in [0.4, 0.5) is 28.8 Å². The second kappa shape index (κ2) is 25.2. The smallest absolute Gasteiger partial charge is 0.153 e. The van der Waals surface area contributed by atoms with E-state index in [1.807, 2.05) is 35.0 Å². The van der Waals surface area contributed by atoms with Crippen LogP contribution in [0.1, 0.15) is 20.7 Å². The monoisotopic (exact) mass is 1020 g/mol. The lowest BCUT2D eigenvalue weighted by Crippen LogP contribution is -1.99. The Morgan fingerprint density at radius 2 is 1.23 bits per heavy atom. The van der Waals surface area contributed by atoms with Crippen LogP contribution in [-0.4, -0.2) is 80.8 Å². The second-order valence-electron chi connectivity index (χ2n) is 12.3. The number of ether oxygens (including phenoxy) is 2. The molecule has 0 aliphatic rings. The minimum Gasteiger partial charge on any atom is -0.497 e. The highest BCUT2D eigenvalue weighted by Crippen LogP contribution is 2.28. The Labute approximate surface area is 392 Å². The quantitative estimate of drug-likeness (QED) is 0.0526. The number of benzene rings is 2. The lowest BCUT2D eigenvalue weighted by Gasteiger charge is -2.06. The van der Waals surface area contributed by atoms with Crippen molar-refractivity contribution in [2.75, 3.05) is 42.9 Å². The number of nitrogens with two attached hydrogens (primary N) is 5. The van der Waals surface area contributed by atoms with E-state index < -0.39 is 0 Å². The zero-order valence-corrected chi connectivity index (χ0v) is 37.8. The van der Waals surface area contributed by atoms with E-state index in [0.29, 0.717) is 46.7 Å². The SMILES string of the molecule is COc1ccc(N)c(N)c1.COc1ccc2nc(-c3cc(-n4ccnc4)cnc3N)[nH]c2c1.Cl.Cl.Nc1ncc(-n2ccnc2)cc1C=O.Nc1ncc(I)cc1C=O.c1c[nH]cn1. The first-order chi connectivity index (χ1) is 30.0. The van der Waals surface area contributed by atoms with E-state index in [4.69, 9.17) is 38.1 Å². The van der Waals surface area contributed by atoms with Gasteiger partial charge < -0.3 is 57.2 Å². The van der Waals surface area contributed by atoms with E-state index in [1.165, 1.54) is 0 Å². The van der Waals surface area contributed by atoms with Crippen molar-refractivity contribution >= 4 is 99.8 Å². The molecule has 7 heterocycles. The topological polar surface area (TPSA) is 314 Å². The van der Waals surface area contributed by atoms with Gasteiger partial charge in [-0.2, -0.15) is 0 Å². The minimum absolute atomic E-state index is 0. The number of aldehydes is 2. The van der Waals surface area contributed by atoms with E-state index >= 15 is 0 Å². The average Bonchev–Trinajstić information content (AvgIpc) is 4.15. The van der Waals surface area contributed by atoms with Crippen LogP contribution in [0.15, 0.2) is 129 Å². The van der Waals surface area contributed by atoms with Gasteiger partial charge in [0, 0.05) is 59.1 Å². The number of hydrogen-bond acceptors (Lipinski definition) is 16. The summed E-state index contributed by atoms with van der Waals surface area (Å²) in [5, 5.41) is 0. The molecule has 64 heavy (non-hydrogen) atoms. The predicted molar refractivity (Wildman–Crippen MR) is 260 cm³/mol.